The van der Waals surface area contributed by atoms with E-state index in [0.717, 1.165) is 11.1 Å². The fraction of sp³-hybridized carbons (Fsp3) is 0.100. The van der Waals surface area contributed by atoms with Crippen molar-refractivity contribution in [1.82, 2.24) is 5.16 Å². The number of nitrogen functional groups attached to an aromatic ring is 1. The maximum Gasteiger partial charge on any atom is 0.229 e. The highest BCUT2D eigenvalue weighted by Gasteiger charge is 2.06. The zero-order valence-corrected chi connectivity index (χ0v) is 7.40. The highest BCUT2D eigenvalue weighted by molar-refractivity contribution is 5.71. The second-order valence-corrected chi connectivity index (χ2v) is 2.93. The largest absolute Gasteiger partial charge is 0.367 e. The summed E-state index contributed by atoms with van der Waals surface area (Å²) in [4.78, 5) is 0. The summed E-state index contributed by atoms with van der Waals surface area (Å²) in [7, 11) is 0. The third-order valence-electron chi connectivity index (χ3n) is 2.02. The van der Waals surface area contributed by atoms with Crippen LogP contribution >= 0.6 is 0 Å². The molecule has 0 saturated heterocycles. The van der Waals surface area contributed by atoms with Crippen LogP contribution in [0.3, 0.4) is 0 Å². The average Bonchev–Trinajstić information content (AvgIpc) is 2.65. The standard InChI is InChI=1S/C10H9FN2O/c11-5-7-1-3-8(4-2-7)9-6-13-14-10(9)12/h1-4,6H,5,12H2. The molecule has 0 aliphatic rings. The molecule has 1 aromatic carbocycles. The first-order valence-electron chi connectivity index (χ1n) is 4.16. The van der Waals surface area contributed by atoms with Gasteiger partial charge in [-0.05, 0) is 11.1 Å². The second-order valence-electron chi connectivity index (χ2n) is 2.93. The lowest BCUT2D eigenvalue weighted by Gasteiger charge is -1.98. The van der Waals surface area contributed by atoms with Crippen LogP contribution in [0.4, 0.5) is 10.3 Å². The zero-order chi connectivity index (χ0) is 9.97. The summed E-state index contributed by atoms with van der Waals surface area (Å²) in [6.07, 6.45) is 1.54. The molecule has 0 aliphatic heterocycles. The van der Waals surface area contributed by atoms with E-state index in [1.807, 2.05) is 0 Å². The van der Waals surface area contributed by atoms with E-state index in [0.29, 0.717) is 5.56 Å². The minimum atomic E-state index is -0.459. The van der Waals surface area contributed by atoms with E-state index in [4.69, 9.17) is 10.3 Å². The predicted molar refractivity (Wildman–Crippen MR) is 51.2 cm³/mol. The third kappa shape index (κ3) is 1.46. The fourth-order valence-corrected chi connectivity index (χ4v) is 1.24. The topological polar surface area (TPSA) is 52.0 Å². The van der Waals surface area contributed by atoms with Crippen molar-refractivity contribution in [2.45, 2.75) is 6.67 Å². The summed E-state index contributed by atoms with van der Waals surface area (Å²) in [5, 5.41) is 3.57. The maximum atomic E-state index is 12.2. The quantitative estimate of drug-likeness (QED) is 0.794. The first kappa shape index (κ1) is 8.74. The number of alkyl halides is 1. The van der Waals surface area contributed by atoms with Gasteiger partial charge in [-0.25, -0.2) is 4.39 Å². The Morgan fingerprint density at radius 3 is 2.50 bits per heavy atom. The van der Waals surface area contributed by atoms with E-state index in [2.05, 4.69) is 5.16 Å². The Morgan fingerprint density at radius 2 is 2.00 bits per heavy atom. The number of hydrogen-bond acceptors (Lipinski definition) is 3. The van der Waals surface area contributed by atoms with Crippen LogP contribution in [0.15, 0.2) is 35.0 Å². The first-order valence-corrected chi connectivity index (χ1v) is 4.16. The van der Waals surface area contributed by atoms with E-state index >= 15 is 0 Å². The molecule has 72 valence electrons. The number of aromatic nitrogens is 1. The lowest BCUT2D eigenvalue weighted by atomic mass is 10.1. The molecule has 3 nitrogen and oxygen atoms in total. The summed E-state index contributed by atoms with van der Waals surface area (Å²) in [5.41, 5.74) is 7.79. The van der Waals surface area contributed by atoms with E-state index in [9.17, 15) is 4.39 Å². The van der Waals surface area contributed by atoms with Gasteiger partial charge in [0, 0.05) is 0 Å². The molecular formula is C10H9FN2O. The molecule has 2 N–H and O–H groups in total. The molecule has 0 aliphatic carbocycles. The van der Waals surface area contributed by atoms with Crippen molar-refractivity contribution < 1.29 is 8.91 Å². The molecule has 0 fully saturated rings. The molecule has 0 atom stereocenters. The Bertz CT molecular complexity index is 422. The molecular weight excluding hydrogens is 183 g/mol. The van der Waals surface area contributed by atoms with Crippen molar-refractivity contribution in [3.05, 3.63) is 36.0 Å². The van der Waals surface area contributed by atoms with Crippen molar-refractivity contribution in [2.75, 3.05) is 5.73 Å². The van der Waals surface area contributed by atoms with Gasteiger partial charge in [-0.15, -0.1) is 0 Å². The number of benzene rings is 1. The first-order chi connectivity index (χ1) is 6.81. The Morgan fingerprint density at radius 1 is 1.29 bits per heavy atom. The van der Waals surface area contributed by atoms with Crippen LogP contribution < -0.4 is 5.73 Å². The summed E-state index contributed by atoms with van der Waals surface area (Å²) >= 11 is 0. The van der Waals surface area contributed by atoms with Crippen molar-refractivity contribution >= 4 is 5.88 Å². The molecule has 1 aromatic heterocycles. The van der Waals surface area contributed by atoms with E-state index < -0.39 is 6.67 Å². The number of nitrogens with zero attached hydrogens (tertiary/aromatic N) is 1. The normalized spacial score (nSPS) is 10.4. The van der Waals surface area contributed by atoms with Gasteiger partial charge in [0.2, 0.25) is 5.88 Å². The molecule has 0 saturated carbocycles. The van der Waals surface area contributed by atoms with E-state index in [1.165, 1.54) is 0 Å². The zero-order valence-electron chi connectivity index (χ0n) is 7.40. The Balaban J connectivity index is 2.39. The van der Waals surface area contributed by atoms with Crippen LogP contribution in [0.2, 0.25) is 0 Å². The Labute approximate surface area is 80.3 Å². The van der Waals surface area contributed by atoms with Gasteiger partial charge in [-0.2, -0.15) is 0 Å². The van der Waals surface area contributed by atoms with Crippen molar-refractivity contribution in [1.29, 1.82) is 0 Å². The molecule has 4 heteroatoms. The molecule has 0 spiro atoms. The molecule has 0 unspecified atom stereocenters. The number of rotatable bonds is 2. The monoisotopic (exact) mass is 192 g/mol. The second kappa shape index (κ2) is 3.49. The van der Waals surface area contributed by atoms with Crippen LogP contribution in [0.25, 0.3) is 11.1 Å². The number of hydrogen-bond donors (Lipinski definition) is 1. The molecule has 2 aromatic rings. The van der Waals surface area contributed by atoms with Gasteiger partial charge in [0.05, 0.1) is 11.8 Å². The van der Waals surface area contributed by atoms with Gasteiger partial charge < -0.3 is 10.3 Å². The minimum Gasteiger partial charge on any atom is -0.367 e. The number of anilines is 1. The minimum absolute atomic E-state index is 0.276. The number of halogens is 1. The molecule has 2 rings (SSSR count). The smallest absolute Gasteiger partial charge is 0.229 e. The SMILES string of the molecule is Nc1oncc1-c1ccc(CF)cc1. The Hall–Kier alpha value is -1.84. The summed E-state index contributed by atoms with van der Waals surface area (Å²) in [6, 6.07) is 7.00. The van der Waals surface area contributed by atoms with Crippen LogP contribution in [-0.2, 0) is 6.67 Å². The van der Waals surface area contributed by atoms with Crippen LogP contribution in [0, 0.1) is 0 Å². The maximum absolute atomic E-state index is 12.2. The predicted octanol–water partition coefficient (Wildman–Crippen LogP) is 2.39. The van der Waals surface area contributed by atoms with Gasteiger partial charge in [0.25, 0.3) is 0 Å². The van der Waals surface area contributed by atoms with Gasteiger partial charge in [-0.1, -0.05) is 29.4 Å². The fourth-order valence-electron chi connectivity index (χ4n) is 1.24. The van der Waals surface area contributed by atoms with Gasteiger partial charge in [0.15, 0.2) is 0 Å². The van der Waals surface area contributed by atoms with Crippen LogP contribution in [0.5, 0.6) is 0 Å². The lowest BCUT2D eigenvalue weighted by molar-refractivity contribution is 0.436. The molecule has 1 heterocycles. The summed E-state index contributed by atoms with van der Waals surface area (Å²) in [6.45, 7) is -0.459. The summed E-state index contributed by atoms with van der Waals surface area (Å²) < 4.78 is 17.0. The molecule has 0 radical (unpaired) electrons. The average molecular weight is 192 g/mol. The van der Waals surface area contributed by atoms with Crippen molar-refractivity contribution in [3.8, 4) is 11.1 Å². The highest BCUT2D eigenvalue weighted by atomic mass is 19.1. The van der Waals surface area contributed by atoms with Crippen LogP contribution in [-0.4, -0.2) is 5.16 Å². The number of nitrogens with two attached hydrogens (primary N) is 1. The molecule has 0 amide bonds. The highest BCUT2D eigenvalue weighted by Crippen LogP contribution is 2.25. The van der Waals surface area contributed by atoms with Gasteiger partial charge in [-0.3, -0.25) is 0 Å². The molecule has 14 heavy (non-hydrogen) atoms. The summed E-state index contributed by atoms with van der Waals surface area (Å²) in [5.74, 6) is 0.276. The van der Waals surface area contributed by atoms with Crippen molar-refractivity contribution in [3.63, 3.8) is 0 Å². The van der Waals surface area contributed by atoms with Crippen LogP contribution in [0.1, 0.15) is 5.56 Å². The van der Waals surface area contributed by atoms with Crippen molar-refractivity contribution in [2.24, 2.45) is 0 Å². The lowest BCUT2D eigenvalue weighted by Crippen LogP contribution is -1.85. The van der Waals surface area contributed by atoms with Gasteiger partial charge >= 0.3 is 0 Å². The van der Waals surface area contributed by atoms with E-state index in [1.54, 1.807) is 30.5 Å². The third-order valence-corrected chi connectivity index (χ3v) is 2.02. The van der Waals surface area contributed by atoms with E-state index in [-0.39, 0.29) is 5.88 Å². The van der Waals surface area contributed by atoms with Gasteiger partial charge in [0.1, 0.15) is 6.67 Å². The Kier molecular flexibility index (Phi) is 2.18. The molecule has 0 bridgehead atoms.